The Morgan fingerprint density at radius 1 is 1.36 bits per heavy atom. The van der Waals surface area contributed by atoms with Gasteiger partial charge in [0.25, 0.3) is 0 Å². The molecule has 5 atom stereocenters. The highest BCUT2D eigenvalue weighted by Gasteiger charge is 2.48. The summed E-state index contributed by atoms with van der Waals surface area (Å²) in [5.41, 5.74) is 5.40. The summed E-state index contributed by atoms with van der Waals surface area (Å²) in [4.78, 5) is 0. The molecule has 0 aromatic rings. The van der Waals surface area contributed by atoms with Gasteiger partial charge in [0.15, 0.2) is 5.79 Å². The second-order valence-electron chi connectivity index (χ2n) is 3.40. The molecule has 86 valence electrons. The molecule has 0 aromatic heterocycles. The lowest BCUT2D eigenvalue weighted by atomic mass is 9.92. The van der Waals surface area contributed by atoms with Crippen molar-refractivity contribution in [2.24, 2.45) is 5.73 Å². The summed E-state index contributed by atoms with van der Waals surface area (Å²) in [6.07, 6.45) is -3.59. The van der Waals surface area contributed by atoms with E-state index in [2.05, 4.69) is 0 Å². The van der Waals surface area contributed by atoms with Crippen LogP contribution in [0.1, 0.15) is 6.92 Å². The van der Waals surface area contributed by atoms with Crippen molar-refractivity contribution in [3.8, 4) is 0 Å². The standard InChI is InChI=1S/C7H15NO5.ClH/c1-7(12)6(8)5(11)4(10)3(2-9)13-7;/h3-6,9-12H,2,8H2,1H3;1H/t3-,4-,5+,6-,7?;/m1./s1. The minimum absolute atomic E-state index is 0. The number of hydrogen-bond acceptors (Lipinski definition) is 6. The molecule has 6 nitrogen and oxygen atoms in total. The van der Waals surface area contributed by atoms with Gasteiger partial charge < -0.3 is 30.9 Å². The van der Waals surface area contributed by atoms with Crippen LogP contribution in [0.4, 0.5) is 0 Å². The molecule has 1 rings (SSSR count). The normalized spacial score (nSPS) is 48.4. The van der Waals surface area contributed by atoms with E-state index in [1.165, 1.54) is 6.92 Å². The number of aliphatic hydroxyl groups is 4. The largest absolute Gasteiger partial charge is 0.394 e. The highest BCUT2D eigenvalue weighted by Crippen LogP contribution is 2.25. The Morgan fingerprint density at radius 3 is 2.29 bits per heavy atom. The lowest BCUT2D eigenvalue weighted by Crippen LogP contribution is -2.67. The van der Waals surface area contributed by atoms with E-state index in [4.69, 9.17) is 15.6 Å². The van der Waals surface area contributed by atoms with E-state index in [0.29, 0.717) is 0 Å². The summed E-state index contributed by atoms with van der Waals surface area (Å²) in [5.74, 6) is -1.73. The smallest absolute Gasteiger partial charge is 0.181 e. The highest BCUT2D eigenvalue weighted by atomic mass is 35.5. The van der Waals surface area contributed by atoms with Crippen LogP contribution in [0.25, 0.3) is 0 Å². The van der Waals surface area contributed by atoms with Crippen LogP contribution in [0.5, 0.6) is 0 Å². The van der Waals surface area contributed by atoms with Gasteiger partial charge in [0.1, 0.15) is 18.3 Å². The second kappa shape index (κ2) is 4.71. The van der Waals surface area contributed by atoms with Crippen LogP contribution in [0.3, 0.4) is 0 Å². The van der Waals surface area contributed by atoms with Gasteiger partial charge in [-0.25, -0.2) is 0 Å². The van der Waals surface area contributed by atoms with Crippen molar-refractivity contribution in [2.45, 2.75) is 37.1 Å². The average Bonchev–Trinajstić information content (AvgIpc) is 2.08. The van der Waals surface area contributed by atoms with E-state index in [9.17, 15) is 15.3 Å². The van der Waals surface area contributed by atoms with E-state index in [1.54, 1.807) is 0 Å². The molecule has 1 unspecified atom stereocenters. The highest BCUT2D eigenvalue weighted by molar-refractivity contribution is 5.85. The Bertz CT molecular complexity index is 189. The maximum Gasteiger partial charge on any atom is 0.181 e. The molecular weight excluding hydrogens is 214 g/mol. The maximum absolute atomic E-state index is 9.50. The minimum atomic E-state index is -1.73. The number of ether oxygens (including phenoxy) is 1. The molecule has 6 N–H and O–H groups in total. The first-order valence-electron chi connectivity index (χ1n) is 4.03. The van der Waals surface area contributed by atoms with E-state index in [-0.39, 0.29) is 12.4 Å². The van der Waals surface area contributed by atoms with Gasteiger partial charge >= 0.3 is 0 Å². The van der Waals surface area contributed by atoms with E-state index >= 15 is 0 Å². The van der Waals surface area contributed by atoms with Crippen molar-refractivity contribution in [1.82, 2.24) is 0 Å². The molecule has 1 aliphatic rings. The molecule has 0 radical (unpaired) electrons. The summed E-state index contributed by atoms with van der Waals surface area (Å²) >= 11 is 0. The molecule has 1 saturated heterocycles. The third-order valence-electron chi connectivity index (χ3n) is 2.29. The van der Waals surface area contributed by atoms with E-state index in [0.717, 1.165) is 0 Å². The molecule has 0 spiro atoms. The van der Waals surface area contributed by atoms with Crippen molar-refractivity contribution in [3.05, 3.63) is 0 Å². The minimum Gasteiger partial charge on any atom is -0.394 e. The zero-order valence-electron chi connectivity index (χ0n) is 7.70. The van der Waals surface area contributed by atoms with Crippen LogP contribution < -0.4 is 5.73 Å². The number of aliphatic hydroxyl groups excluding tert-OH is 3. The van der Waals surface area contributed by atoms with Crippen molar-refractivity contribution in [2.75, 3.05) is 6.61 Å². The predicted octanol–water partition coefficient (Wildman–Crippen LogP) is -2.44. The number of rotatable bonds is 1. The summed E-state index contributed by atoms with van der Waals surface area (Å²) in [7, 11) is 0. The van der Waals surface area contributed by atoms with Gasteiger partial charge in [0, 0.05) is 0 Å². The average molecular weight is 230 g/mol. The molecule has 0 aliphatic carbocycles. The summed E-state index contributed by atoms with van der Waals surface area (Å²) in [5, 5.41) is 36.9. The topological polar surface area (TPSA) is 116 Å². The first-order chi connectivity index (χ1) is 5.90. The van der Waals surface area contributed by atoms with Gasteiger partial charge in [0.2, 0.25) is 0 Å². The summed E-state index contributed by atoms with van der Waals surface area (Å²) in [6, 6.07) is -1.09. The molecule has 7 heteroatoms. The number of nitrogens with two attached hydrogens (primary N) is 1. The Morgan fingerprint density at radius 2 is 1.86 bits per heavy atom. The van der Waals surface area contributed by atoms with Crippen LogP contribution >= 0.6 is 12.4 Å². The summed E-state index contributed by atoms with van der Waals surface area (Å²) < 4.78 is 4.89. The summed E-state index contributed by atoms with van der Waals surface area (Å²) in [6.45, 7) is 0.788. The van der Waals surface area contributed by atoms with Gasteiger partial charge in [-0.1, -0.05) is 0 Å². The molecule has 0 amide bonds. The van der Waals surface area contributed by atoms with Crippen molar-refractivity contribution < 1.29 is 25.2 Å². The SMILES string of the molecule is CC1(O)O[C@H](CO)[C@@H](O)[C@H](O)[C@H]1N.Cl. The van der Waals surface area contributed by atoms with Crippen molar-refractivity contribution in [1.29, 1.82) is 0 Å². The maximum atomic E-state index is 9.50. The van der Waals surface area contributed by atoms with Gasteiger partial charge in [-0.15, -0.1) is 12.4 Å². The fourth-order valence-electron chi connectivity index (χ4n) is 1.35. The lowest BCUT2D eigenvalue weighted by Gasteiger charge is -2.44. The van der Waals surface area contributed by atoms with Crippen molar-refractivity contribution >= 4 is 12.4 Å². The van der Waals surface area contributed by atoms with Crippen LogP contribution in [-0.2, 0) is 4.74 Å². The third kappa shape index (κ3) is 2.34. The fourth-order valence-corrected chi connectivity index (χ4v) is 1.35. The van der Waals surface area contributed by atoms with Gasteiger partial charge in [-0.05, 0) is 6.92 Å². The van der Waals surface area contributed by atoms with E-state index in [1.807, 2.05) is 0 Å². The molecule has 1 heterocycles. The molecule has 1 aliphatic heterocycles. The zero-order chi connectivity index (χ0) is 10.2. The predicted molar refractivity (Wildman–Crippen MR) is 49.8 cm³/mol. The lowest BCUT2D eigenvalue weighted by molar-refractivity contribution is -0.305. The first-order valence-corrected chi connectivity index (χ1v) is 4.03. The third-order valence-corrected chi connectivity index (χ3v) is 2.29. The Hall–Kier alpha value is 0.0500. The van der Waals surface area contributed by atoms with Crippen LogP contribution in [-0.4, -0.2) is 57.2 Å². The Labute approximate surface area is 87.7 Å². The van der Waals surface area contributed by atoms with Crippen molar-refractivity contribution in [3.63, 3.8) is 0 Å². The van der Waals surface area contributed by atoms with E-state index < -0.39 is 36.7 Å². The van der Waals surface area contributed by atoms with Gasteiger partial charge in [-0.3, -0.25) is 0 Å². The van der Waals surface area contributed by atoms with Gasteiger partial charge in [-0.2, -0.15) is 0 Å². The molecule has 0 bridgehead atoms. The molecule has 0 aromatic carbocycles. The van der Waals surface area contributed by atoms with Crippen LogP contribution in [0.15, 0.2) is 0 Å². The number of hydrogen-bond donors (Lipinski definition) is 5. The molecular formula is C7H16ClNO5. The Kier molecular flexibility index (Phi) is 4.73. The van der Waals surface area contributed by atoms with Crippen LogP contribution in [0.2, 0.25) is 0 Å². The molecule has 0 saturated carbocycles. The fraction of sp³-hybridized carbons (Fsp3) is 1.00. The first kappa shape index (κ1) is 14.1. The quantitative estimate of drug-likeness (QED) is 0.341. The zero-order valence-corrected chi connectivity index (χ0v) is 8.52. The Balaban J connectivity index is 0.00000169. The molecule has 14 heavy (non-hydrogen) atoms. The monoisotopic (exact) mass is 229 g/mol. The van der Waals surface area contributed by atoms with Gasteiger partial charge in [0.05, 0.1) is 12.6 Å². The second-order valence-corrected chi connectivity index (χ2v) is 3.40. The molecule has 1 fully saturated rings. The number of halogens is 1. The van der Waals surface area contributed by atoms with Crippen LogP contribution in [0, 0.1) is 0 Å².